The van der Waals surface area contributed by atoms with E-state index in [1.807, 2.05) is 17.5 Å². The van der Waals surface area contributed by atoms with E-state index in [9.17, 15) is 4.39 Å². The van der Waals surface area contributed by atoms with Crippen molar-refractivity contribution in [1.82, 2.24) is 4.57 Å². The summed E-state index contributed by atoms with van der Waals surface area (Å²) in [5.74, 6) is 0.774. The molecule has 0 saturated carbocycles. The quantitative estimate of drug-likeness (QED) is 0.612. The minimum Gasteiger partial charge on any atom is -0.463 e. The van der Waals surface area contributed by atoms with Crippen LogP contribution in [0.15, 0.2) is 51.4 Å². The van der Waals surface area contributed by atoms with Crippen LogP contribution in [-0.4, -0.2) is 4.57 Å². The highest BCUT2D eigenvalue weighted by Gasteiger charge is 2.12. The number of hydrogen-bond acceptors (Lipinski definition) is 3. The van der Waals surface area contributed by atoms with Gasteiger partial charge in [-0.2, -0.15) is 0 Å². The van der Waals surface area contributed by atoms with Gasteiger partial charge in [0.2, 0.25) is 0 Å². The molecule has 6 heteroatoms. The third kappa shape index (κ3) is 3.57. The van der Waals surface area contributed by atoms with Gasteiger partial charge >= 0.3 is 0 Å². The van der Waals surface area contributed by atoms with Gasteiger partial charge in [-0.25, -0.2) is 9.38 Å². The van der Waals surface area contributed by atoms with Gasteiger partial charge in [0.15, 0.2) is 10.6 Å². The Morgan fingerprint density at radius 1 is 1.35 bits per heavy atom. The lowest BCUT2D eigenvalue weighted by molar-refractivity contribution is 0.507. The van der Waals surface area contributed by atoms with Crippen LogP contribution in [0.2, 0.25) is 5.02 Å². The maximum absolute atomic E-state index is 13.6. The van der Waals surface area contributed by atoms with Crippen molar-refractivity contribution in [3.05, 3.63) is 57.6 Å². The molecule has 3 aromatic rings. The van der Waals surface area contributed by atoms with Crippen LogP contribution in [-0.2, 0) is 6.54 Å². The van der Waals surface area contributed by atoms with Crippen molar-refractivity contribution in [2.75, 3.05) is 0 Å². The summed E-state index contributed by atoms with van der Waals surface area (Å²) in [5.41, 5.74) is 1.51. The molecule has 1 aromatic carbocycles. The Hall–Kier alpha value is -1.85. The molecule has 0 amide bonds. The van der Waals surface area contributed by atoms with E-state index < -0.39 is 5.82 Å². The Labute approximate surface area is 142 Å². The molecule has 3 rings (SSSR count). The molecule has 23 heavy (non-hydrogen) atoms. The van der Waals surface area contributed by atoms with Crippen molar-refractivity contribution in [3.63, 3.8) is 0 Å². The highest BCUT2D eigenvalue weighted by molar-refractivity contribution is 7.07. The number of aromatic nitrogens is 1. The third-order valence-electron chi connectivity index (χ3n) is 3.25. The molecule has 0 saturated heterocycles. The molecule has 0 unspecified atom stereocenters. The van der Waals surface area contributed by atoms with Crippen LogP contribution in [0.5, 0.6) is 0 Å². The van der Waals surface area contributed by atoms with Gasteiger partial charge in [0.25, 0.3) is 0 Å². The van der Waals surface area contributed by atoms with Crippen molar-refractivity contribution in [1.29, 1.82) is 0 Å². The SMILES string of the molecule is CC(C)Cn1c(-c2ccco2)csc1=Nc1ccc(Cl)c(F)c1. The molecule has 2 heterocycles. The summed E-state index contributed by atoms with van der Waals surface area (Å²) in [7, 11) is 0. The summed E-state index contributed by atoms with van der Waals surface area (Å²) in [6.45, 7) is 5.08. The van der Waals surface area contributed by atoms with Crippen molar-refractivity contribution >= 4 is 28.6 Å². The van der Waals surface area contributed by atoms with E-state index in [1.165, 1.54) is 23.5 Å². The largest absolute Gasteiger partial charge is 0.463 e. The average molecular weight is 351 g/mol. The van der Waals surface area contributed by atoms with E-state index in [0.717, 1.165) is 22.8 Å². The van der Waals surface area contributed by atoms with E-state index in [1.54, 1.807) is 12.3 Å². The van der Waals surface area contributed by atoms with Crippen molar-refractivity contribution in [3.8, 4) is 11.5 Å². The molecular formula is C17H16ClFN2OS. The van der Waals surface area contributed by atoms with Gasteiger partial charge in [-0.1, -0.05) is 25.4 Å². The summed E-state index contributed by atoms with van der Waals surface area (Å²) in [5, 5.41) is 2.10. The second kappa shape index (κ2) is 6.72. The van der Waals surface area contributed by atoms with E-state index in [-0.39, 0.29) is 5.02 Å². The number of hydrogen-bond donors (Lipinski definition) is 0. The van der Waals surface area contributed by atoms with Crippen LogP contribution < -0.4 is 4.80 Å². The van der Waals surface area contributed by atoms with Crippen molar-refractivity contribution in [2.24, 2.45) is 10.9 Å². The fraction of sp³-hybridized carbons (Fsp3) is 0.235. The molecular weight excluding hydrogens is 335 g/mol. The predicted octanol–water partition coefficient (Wildman–Crippen LogP) is 5.49. The maximum atomic E-state index is 13.6. The number of nitrogens with zero attached hydrogens (tertiary/aromatic N) is 2. The van der Waals surface area contributed by atoms with Crippen molar-refractivity contribution in [2.45, 2.75) is 20.4 Å². The van der Waals surface area contributed by atoms with Crippen LogP contribution >= 0.6 is 22.9 Å². The zero-order valence-corrected chi connectivity index (χ0v) is 14.4. The zero-order chi connectivity index (χ0) is 16.4. The standard InChI is InChI=1S/C17H16ClFN2OS/c1-11(2)9-21-15(16-4-3-7-22-16)10-23-17(21)20-12-5-6-13(18)14(19)8-12/h3-8,10-11H,9H2,1-2H3. The Morgan fingerprint density at radius 3 is 2.83 bits per heavy atom. The fourth-order valence-corrected chi connectivity index (χ4v) is 3.28. The molecule has 120 valence electrons. The van der Waals surface area contributed by atoms with Crippen LogP contribution in [0.4, 0.5) is 10.1 Å². The van der Waals surface area contributed by atoms with Gasteiger partial charge in [-0.05, 0) is 30.2 Å². The molecule has 0 spiro atoms. The predicted molar refractivity (Wildman–Crippen MR) is 91.5 cm³/mol. The van der Waals surface area contributed by atoms with Crippen LogP contribution in [0, 0.1) is 11.7 Å². The van der Waals surface area contributed by atoms with Gasteiger partial charge < -0.3 is 8.98 Å². The minimum absolute atomic E-state index is 0.0986. The summed E-state index contributed by atoms with van der Waals surface area (Å²) < 4.78 is 21.2. The normalized spacial score (nSPS) is 12.3. The molecule has 0 bridgehead atoms. The lowest BCUT2D eigenvalue weighted by atomic mass is 10.2. The van der Waals surface area contributed by atoms with Crippen LogP contribution in [0.25, 0.3) is 11.5 Å². The molecule has 0 aliphatic heterocycles. The van der Waals surface area contributed by atoms with Crippen LogP contribution in [0.1, 0.15) is 13.8 Å². The summed E-state index contributed by atoms with van der Waals surface area (Å²) in [6, 6.07) is 8.35. The Morgan fingerprint density at radius 2 is 2.17 bits per heavy atom. The summed E-state index contributed by atoms with van der Waals surface area (Å²) >= 11 is 7.23. The summed E-state index contributed by atoms with van der Waals surface area (Å²) in [4.78, 5) is 5.37. The Bertz CT molecular complexity index is 865. The maximum Gasteiger partial charge on any atom is 0.190 e. The first-order chi connectivity index (χ1) is 11.0. The lowest BCUT2D eigenvalue weighted by Gasteiger charge is -2.10. The number of thiazole rings is 1. The topological polar surface area (TPSA) is 30.4 Å². The number of furan rings is 1. The van der Waals surface area contributed by atoms with Gasteiger partial charge in [-0.15, -0.1) is 11.3 Å². The second-order valence-corrected chi connectivity index (χ2v) is 6.84. The van der Waals surface area contributed by atoms with Crippen molar-refractivity contribution < 1.29 is 8.81 Å². The lowest BCUT2D eigenvalue weighted by Crippen LogP contribution is -2.18. The van der Waals surface area contributed by atoms with Crippen LogP contribution in [0.3, 0.4) is 0 Å². The van der Waals surface area contributed by atoms with Gasteiger partial charge in [-0.3, -0.25) is 0 Å². The Kier molecular flexibility index (Phi) is 4.68. The highest BCUT2D eigenvalue weighted by atomic mass is 35.5. The average Bonchev–Trinajstić information content (AvgIpc) is 3.13. The fourth-order valence-electron chi connectivity index (χ4n) is 2.25. The molecule has 2 aromatic heterocycles. The minimum atomic E-state index is -0.467. The van der Waals surface area contributed by atoms with E-state index >= 15 is 0 Å². The Balaban J connectivity index is 2.11. The molecule has 0 atom stereocenters. The molecule has 0 fully saturated rings. The van der Waals surface area contributed by atoms with E-state index in [2.05, 4.69) is 23.4 Å². The zero-order valence-electron chi connectivity index (χ0n) is 12.8. The number of halogens is 2. The molecule has 3 nitrogen and oxygen atoms in total. The van der Waals surface area contributed by atoms with Gasteiger partial charge in [0.05, 0.1) is 22.7 Å². The first-order valence-electron chi connectivity index (χ1n) is 7.26. The first kappa shape index (κ1) is 16.0. The molecule has 0 aliphatic carbocycles. The number of benzene rings is 1. The monoisotopic (exact) mass is 350 g/mol. The van der Waals surface area contributed by atoms with E-state index in [4.69, 9.17) is 16.0 Å². The van der Waals surface area contributed by atoms with Gasteiger partial charge in [0.1, 0.15) is 5.82 Å². The first-order valence-corrected chi connectivity index (χ1v) is 8.52. The smallest absolute Gasteiger partial charge is 0.190 e. The summed E-state index contributed by atoms with van der Waals surface area (Å²) in [6.07, 6.45) is 1.65. The molecule has 0 aliphatic rings. The van der Waals surface area contributed by atoms with E-state index in [0.29, 0.717) is 11.6 Å². The molecule has 0 N–H and O–H groups in total. The second-order valence-electron chi connectivity index (χ2n) is 5.60. The third-order valence-corrected chi connectivity index (χ3v) is 4.42. The molecule has 0 radical (unpaired) electrons. The van der Waals surface area contributed by atoms with Gasteiger partial charge in [0, 0.05) is 18.0 Å². The number of rotatable bonds is 4. The highest BCUT2D eigenvalue weighted by Crippen LogP contribution is 2.23.